The zero-order valence-corrected chi connectivity index (χ0v) is 8.68. The first-order valence-electron chi connectivity index (χ1n) is 4.36. The normalized spacial score (nSPS) is 24.5. The van der Waals surface area contributed by atoms with Crippen LogP contribution in [0.3, 0.4) is 0 Å². The fourth-order valence-electron chi connectivity index (χ4n) is 1.30. The summed E-state index contributed by atoms with van der Waals surface area (Å²) in [5, 5.41) is 0. The van der Waals surface area contributed by atoms with Crippen LogP contribution in [0.25, 0.3) is 0 Å². The minimum absolute atomic E-state index is 0.0828. The number of methoxy groups -OCH3 is 1. The van der Waals surface area contributed by atoms with Gasteiger partial charge in [0.15, 0.2) is 0 Å². The van der Waals surface area contributed by atoms with Gasteiger partial charge in [0.2, 0.25) is 0 Å². The van der Waals surface area contributed by atoms with Gasteiger partial charge in [-0.1, -0.05) is 12.2 Å². The van der Waals surface area contributed by atoms with Gasteiger partial charge in [-0.15, -0.1) is 0 Å². The zero-order valence-electron chi connectivity index (χ0n) is 7.86. The third-order valence-electron chi connectivity index (χ3n) is 2.08. The Morgan fingerprint density at radius 1 is 1.77 bits per heavy atom. The maximum Gasteiger partial charge on any atom is 0.120 e. The van der Waals surface area contributed by atoms with Crippen LogP contribution in [0.5, 0.6) is 0 Å². The summed E-state index contributed by atoms with van der Waals surface area (Å²) in [7, 11) is 1.70. The van der Waals surface area contributed by atoms with E-state index in [0.29, 0.717) is 11.6 Å². The van der Waals surface area contributed by atoms with E-state index in [1.165, 1.54) is 0 Å². The molecule has 1 atom stereocenters. The van der Waals surface area contributed by atoms with E-state index in [-0.39, 0.29) is 6.10 Å². The fraction of sp³-hybridized carbons (Fsp3) is 0.875. The van der Waals surface area contributed by atoms with Gasteiger partial charge < -0.3 is 15.2 Å². The number of hydrogen-bond donors (Lipinski definition) is 1. The van der Waals surface area contributed by atoms with Gasteiger partial charge in [0.05, 0.1) is 13.2 Å². The van der Waals surface area contributed by atoms with E-state index in [9.17, 15) is 0 Å². The van der Waals surface area contributed by atoms with Crippen molar-refractivity contribution in [3.8, 4) is 0 Å². The van der Waals surface area contributed by atoms with Crippen LogP contribution in [-0.4, -0.2) is 56.0 Å². The first kappa shape index (κ1) is 10.8. The van der Waals surface area contributed by atoms with Crippen LogP contribution in [0.1, 0.15) is 0 Å². The Morgan fingerprint density at radius 3 is 3.15 bits per heavy atom. The van der Waals surface area contributed by atoms with Gasteiger partial charge in [-0.3, -0.25) is 4.90 Å². The van der Waals surface area contributed by atoms with Crippen molar-refractivity contribution in [3.05, 3.63) is 0 Å². The molecular weight excluding hydrogens is 188 g/mol. The monoisotopic (exact) mass is 204 g/mol. The molecule has 0 aromatic carbocycles. The molecule has 0 radical (unpaired) electrons. The quantitative estimate of drug-likeness (QED) is 0.633. The molecule has 0 aromatic rings. The molecule has 4 nitrogen and oxygen atoms in total. The van der Waals surface area contributed by atoms with E-state index in [0.717, 1.165) is 26.2 Å². The highest BCUT2D eigenvalue weighted by molar-refractivity contribution is 7.80. The lowest BCUT2D eigenvalue weighted by Crippen LogP contribution is -2.48. The fourth-order valence-corrected chi connectivity index (χ4v) is 1.44. The van der Waals surface area contributed by atoms with E-state index in [1.54, 1.807) is 7.11 Å². The molecule has 76 valence electrons. The van der Waals surface area contributed by atoms with Gasteiger partial charge in [0.1, 0.15) is 11.1 Å². The van der Waals surface area contributed by atoms with E-state index in [2.05, 4.69) is 4.90 Å². The first-order valence-corrected chi connectivity index (χ1v) is 4.77. The highest BCUT2D eigenvalue weighted by atomic mass is 32.1. The maximum atomic E-state index is 5.51. The smallest absolute Gasteiger partial charge is 0.120 e. The molecule has 1 aliphatic rings. The lowest BCUT2D eigenvalue weighted by molar-refractivity contribution is -0.00106. The molecule has 0 aromatic heterocycles. The minimum atomic E-state index is -0.0828. The molecule has 0 bridgehead atoms. The molecule has 1 unspecified atom stereocenters. The number of morpholine rings is 1. The van der Waals surface area contributed by atoms with Gasteiger partial charge in [0.25, 0.3) is 0 Å². The second-order valence-electron chi connectivity index (χ2n) is 3.06. The summed E-state index contributed by atoms with van der Waals surface area (Å²) >= 11 is 4.88. The van der Waals surface area contributed by atoms with Crippen LogP contribution >= 0.6 is 12.2 Å². The van der Waals surface area contributed by atoms with Gasteiger partial charge in [-0.2, -0.15) is 0 Å². The number of nitrogens with two attached hydrogens (primary N) is 1. The van der Waals surface area contributed by atoms with E-state index in [1.807, 2.05) is 0 Å². The largest absolute Gasteiger partial charge is 0.391 e. The summed E-state index contributed by atoms with van der Waals surface area (Å²) in [6, 6.07) is 0. The predicted molar refractivity (Wildman–Crippen MR) is 54.8 cm³/mol. The van der Waals surface area contributed by atoms with Gasteiger partial charge in [0, 0.05) is 26.7 Å². The molecule has 0 saturated carbocycles. The van der Waals surface area contributed by atoms with Gasteiger partial charge >= 0.3 is 0 Å². The van der Waals surface area contributed by atoms with Crippen LogP contribution in [-0.2, 0) is 9.47 Å². The molecule has 0 aliphatic carbocycles. The number of thiocarbonyl (C=S) groups is 1. The Balaban J connectivity index is 2.29. The summed E-state index contributed by atoms with van der Waals surface area (Å²) in [4.78, 5) is 2.69. The van der Waals surface area contributed by atoms with Crippen LogP contribution < -0.4 is 5.73 Å². The average molecular weight is 204 g/mol. The van der Waals surface area contributed by atoms with Crippen molar-refractivity contribution in [2.75, 3.05) is 40.0 Å². The molecule has 1 heterocycles. The standard InChI is InChI=1S/C8H16N2O2S/c1-11-4-2-10-3-5-12-7(6-10)8(9)13/h7H,2-6H2,1H3,(H2,9,13). The van der Waals surface area contributed by atoms with Crippen molar-refractivity contribution in [2.45, 2.75) is 6.10 Å². The van der Waals surface area contributed by atoms with Crippen LogP contribution in [0.15, 0.2) is 0 Å². The predicted octanol–water partition coefficient (Wildman–Crippen LogP) is -0.380. The Labute approximate surface area is 84.0 Å². The topological polar surface area (TPSA) is 47.7 Å². The van der Waals surface area contributed by atoms with E-state index < -0.39 is 0 Å². The summed E-state index contributed by atoms with van der Waals surface area (Å²) in [6.45, 7) is 4.08. The van der Waals surface area contributed by atoms with E-state index >= 15 is 0 Å². The molecule has 1 rings (SSSR count). The van der Waals surface area contributed by atoms with Gasteiger partial charge in [-0.05, 0) is 0 Å². The first-order chi connectivity index (χ1) is 6.24. The Bertz CT molecular complexity index is 178. The molecular formula is C8H16N2O2S. The lowest BCUT2D eigenvalue weighted by atomic mass is 10.3. The molecule has 1 fully saturated rings. The maximum absolute atomic E-state index is 5.51. The van der Waals surface area contributed by atoms with Crippen molar-refractivity contribution < 1.29 is 9.47 Å². The zero-order chi connectivity index (χ0) is 9.68. The molecule has 13 heavy (non-hydrogen) atoms. The second-order valence-corrected chi connectivity index (χ2v) is 3.53. The number of hydrogen-bond acceptors (Lipinski definition) is 4. The lowest BCUT2D eigenvalue weighted by Gasteiger charge is -2.31. The molecule has 0 spiro atoms. The summed E-state index contributed by atoms with van der Waals surface area (Å²) in [6.07, 6.45) is -0.0828. The summed E-state index contributed by atoms with van der Waals surface area (Å²) in [5.41, 5.74) is 5.51. The van der Waals surface area contributed by atoms with Gasteiger partial charge in [-0.25, -0.2) is 0 Å². The molecule has 2 N–H and O–H groups in total. The highest BCUT2D eigenvalue weighted by Crippen LogP contribution is 2.04. The molecule has 1 aliphatic heterocycles. The van der Waals surface area contributed by atoms with Crippen LogP contribution in [0.2, 0.25) is 0 Å². The van der Waals surface area contributed by atoms with Crippen LogP contribution in [0, 0.1) is 0 Å². The number of nitrogens with zero attached hydrogens (tertiary/aromatic N) is 1. The van der Waals surface area contributed by atoms with Crippen molar-refractivity contribution in [1.82, 2.24) is 4.90 Å². The third kappa shape index (κ3) is 3.56. The molecule has 0 amide bonds. The van der Waals surface area contributed by atoms with Crippen molar-refractivity contribution in [3.63, 3.8) is 0 Å². The summed E-state index contributed by atoms with van der Waals surface area (Å²) in [5.74, 6) is 0. The molecule has 5 heteroatoms. The Morgan fingerprint density at radius 2 is 2.54 bits per heavy atom. The summed E-state index contributed by atoms with van der Waals surface area (Å²) < 4.78 is 10.4. The Hall–Kier alpha value is -0.230. The highest BCUT2D eigenvalue weighted by Gasteiger charge is 2.21. The molecule has 1 saturated heterocycles. The third-order valence-corrected chi connectivity index (χ3v) is 2.34. The minimum Gasteiger partial charge on any atom is -0.391 e. The average Bonchev–Trinajstić information content (AvgIpc) is 2.15. The van der Waals surface area contributed by atoms with Crippen LogP contribution in [0.4, 0.5) is 0 Å². The van der Waals surface area contributed by atoms with Crippen molar-refractivity contribution in [2.24, 2.45) is 5.73 Å². The Kier molecular flexibility index (Phi) is 4.58. The van der Waals surface area contributed by atoms with Crippen molar-refractivity contribution in [1.29, 1.82) is 0 Å². The number of ether oxygens (including phenoxy) is 2. The number of rotatable bonds is 4. The SMILES string of the molecule is COCCN1CCOC(C(N)=S)C1. The van der Waals surface area contributed by atoms with Crippen molar-refractivity contribution >= 4 is 17.2 Å². The second kappa shape index (κ2) is 5.49. The van der Waals surface area contributed by atoms with E-state index in [4.69, 9.17) is 27.4 Å².